The zero-order valence-corrected chi connectivity index (χ0v) is 14.3. The first-order valence-corrected chi connectivity index (χ1v) is 8.14. The highest BCUT2D eigenvalue weighted by Crippen LogP contribution is 2.26. The van der Waals surface area contributed by atoms with Crippen molar-refractivity contribution in [2.75, 3.05) is 18.0 Å². The van der Waals surface area contributed by atoms with Crippen molar-refractivity contribution in [1.82, 2.24) is 5.32 Å². The van der Waals surface area contributed by atoms with E-state index in [-0.39, 0.29) is 17.8 Å². The van der Waals surface area contributed by atoms with Gasteiger partial charge in [0, 0.05) is 31.1 Å². The predicted molar refractivity (Wildman–Crippen MR) is 90.2 cm³/mol. The molecule has 0 bridgehead atoms. The van der Waals surface area contributed by atoms with Crippen LogP contribution in [0.2, 0.25) is 0 Å². The van der Waals surface area contributed by atoms with Crippen LogP contribution in [0.25, 0.3) is 0 Å². The molecule has 1 saturated heterocycles. The van der Waals surface area contributed by atoms with Gasteiger partial charge in [0.05, 0.1) is 0 Å². The summed E-state index contributed by atoms with van der Waals surface area (Å²) in [6, 6.07) is 8.76. The largest absolute Gasteiger partial charge is 0.458 e. The first-order chi connectivity index (χ1) is 10.8. The van der Waals surface area contributed by atoms with Crippen LogP contribution < -0.4 is 10.2 Å². The van der Waals surface area contributed by atoms with Crippen molar-refractivity contribution in [3.05, 3.63) is 30.3 Å². The van der Waals surface area contributed by atoms with E-state index in [0.717, 1.165) is 5.69 Å². The molecule has 5 heteroatoms. The van der Waals surface area contributed by atoms with Gasteiger partial charge < -0.3 is 10.1 Å². The van der Waals surface area contributed by atoms with Crippen molar-refractivity contribution >= 4 is 17.6 Å². The predicted octanol–water partition coefficient (Wildman–Crippen LogP) is 2.36. The minimum absolute atomic E-state index is 0.0700. The van der Waals surface area contributed by atoms with Crippen LogP contribution in [-0.2, 0) is 14.3 Å². The van der Waals surface area contributed by atoms with E-state index in [1.165, 1.54) is 0 Å². The molecule has 1 amide bonds. The smallest absolute Gasteiger partial charge is 0.330 e. The normalized spacial score (nSPS) is 16.3. The molecule has 0 spiro atoms. The minimum Gasteiger partial charge on any atom is -0.458 e. The van der Waals surface area contributed by atoms with E-state index in [2.05, 4.69) is 5.32 Å². The lowest BCUT2D eigenvalue weighted by Crippen LogP contribution is -2.60. The van der Waals surface area contributed by atoms with Crippen LogP contribution in [0, 0.1) is 5.92 Å². The van der Waals surface area contributed by atoms with Gasteiger partial charge in [0.25, 0.3) is 0 Å². The summed E-state index contributed by atoms with van der Waals surface area (Å²) < 4.78 is 5.59. The number of esters is 1. The average Bonchev–Trinajstić information content (AvgIpc) is 2.43. The van der Waals surface area contributed by atoms with Crippen molar-refractivity contribution in [3.63, 3.8) is 0 Å². The van der Waals surface area contributed by atoms with Gasteiger partial charge in [-0.3, -0.25) is 9.69 Å². The Bertz CT molecular complexity index is 547. The Balaban J connectivity index is 2.36. The summed E-state index contributed by atoms with van der Waals surface area (Å²) in [5, 5.41) is 3.18. The minimum atomic E-state index is -0.592. The molecule has 1 N–H and O–H groups in total. The molecule has 1 aliphatic rings. The van der Waals surface area contributed by atoms with E-state index >= 15 is 0 Å². The molecule has 0 radical (unpaired) electrons. The SMILES string of the molecule is CCC(=O)N(c1ccccc1)C(C(=O)OC(C)(C)C)C1CNC1. The molecule has 0 aliphatic carbocycles. The van der Waals surface area contributed by atoms with Gasteiger partial charge in [-0.2, -0.15) is 0 Å². The molecule has 126 valence electrons. The summed E-state index contributed by atoms with van der Waals surface area (Å²) in [6.07, 6.45) is 0.342. The number of nitrogens with zero attached hydrogens (tertiary/aromatic N) is 1. The number of carbonyl (C=O) groups is 2. The highest BCUT2D eigenvalue weighted by molar-refractivity contribution is 5.99. The van der Waals surface area contributed by atoms with Gasteiger partial charge in [0.15, 0.2) is 0 Å². The summed E-state index contributed by atoms with van der Waals surface area (Å²) in [7, 11) is 0. The molecule has 1 unspecified atom stereocenters. The van der Waals surface area contributed by atoms with Crippen LogP contribution in [0.5, 0.6) is 0 Å². The molecule has 1 atom stereocenters. The molecule has 1 heterocycles. The molecule has 1 fully saturated rings. The van der Waals surface area contributed by atoms with E-state index in [1.54, 1.807) is 4.90 Å². The number of rotatable bonds is 5. The summed E-state index contributed by atoms with van der Waals surface area (Å²) in [6.45, 7) is 8.76. The van der Waals surface area contributed by atoms with E-state index in [9.17, 15) is 9.59 Å². The fourth-order valence-electron chi connectivity index (χ4n) is 2.62. The average molecular weight is 318 g/mol. The molecule has 5 nitrogen and oxygen atoms in total. The van der Waals surface area contributed by atoms with Gasteiger partial charge in [-0.25, -0.2) is 4.79 Å². The molecule has 0 saturated carbocycles. The van der Waals surface area contributed by atoms with E-state index < -0.39 is 11.6 Å². The van der Waals surface area contributed by atoms with E-state index in [1.807, 2.05) is 58.0 Å². The highest BCUT2D eigenvalue weighted by Gasteiger charge is 2.42. The number of para-hydroxylation sites is 1. The maximum Gasteiger partial charge on any atom is 0.330 e. The molecular weight excluding hydrogens is 292 g/mol. The zero-order valence-electron chi connectivity index (χ0n) is 14.3. The van der Waals surface area contributed by atoms with Crippen molar-refractivity contribution in [3.8, 4) is 0 Å². The first-order valence-electron chi connectivity index (χ1n) is 8.14. The number of benzene rings is 1. The topological polar surface area (TPSA) is 58.6 Å². The Morgan fingerprint density at radius 1 is 1.26 bits per heavy atom. The van der Waals surface area contributed by atoms with Gasteiger partial charge in [0.2, 0.25) is 5.91 Å². The van der Waals surface area contributed by atoms with Gasteiger partial charge in [0.1, 0.15) is 11.6 Å². The Hall–Kier alpha value is -1.88. The Labute approximate surface area is 138 Å². The molecule has 23 heavy (non-hydrogen) atoms. The van der Waals surface area contributed by atoms with Crippen LogP contribution in [0.15, 0.2) is 30.3 Å². The third-order valence-electron chi connectivity index (χ3n) is 3.79. The summed E-state index contributed by atoms with van der Waals surface area (Å²) in [4.78, 5) is 27.0. The second-order valence-corrected chi connectivity index (χ2v) is 6.85. The molecule has 0 aromatic heterocycles. The first kappa shape index (κ1) is 17.5. The highest BCUT2D eigenvalue weighted by atomic mass is 16.6. The van der Waals surface area contributed by atoms with Gasteiger partial charge in [-0.05, 0) is 32.9 Å². The summed E-state index contributed by atoms with van der Waals surface area (Å²) >= 11 is 0. The summed E-state index contributed by atoms with van der Waals surface area (Å²) in [5.41, 5.74) is 0.159. The zero-order chi connectivity index (χ0) is 17.0. The van der Waals surface area contributed by atoms with E-state index in [4.69, 9.17) is 4.74 Å². The van der Waals surface area contributed by atoms with Crippen molar-refractivity contribution in [1.29, 1.82) is 0 Å². The van der Waals surface area contributed by atoms with Crippen LogP contribution in [0.1, 0.15) is 34.1 Å². The van der Waals surface area contributed by atoms with Crippen molar-refractivity contribution < 1.29 is 14.3 Å². The van der Waals surface area contributed by atoms with E-state index in [0.29, 0.717) is 19.5 Å². The van der Waals surface area contributed by atoms with Gasteiger partial charge >= 0.3 is 5.97 Å². The van der Waals surface area contributed by atoms with Crippen LogP contribution in [0.3, 0.4) is 0 Å². The van der Waals surface area contributed by atoms with Crippen molar-refractivity contribution in [2.24, 2.45) is 5.92 Å². The number of amides is 1. The van der Waals surface area contributed by atoms with Crippen LogP contribution >= 0.6 is 0 Å². The molecule has 2 rings (SSSR count). The maximum absolute atomic E-state index is 12.8. The lowest BCUT2D eigenvalue weighted by Gasteiger charge is -2.41. The Morgan fingerprint density at radius 2 is 1.87 bits per heavy atom. The standard InChI is InChI=1S/C18H26N2O3/c1-5-15(21)20(14-9-7-6-8-10-14)16(13-11-19-12-13)17(22)23-18(2,3)4/h6-10,13,16,19H,5,11-12H2,1-4H3. The Kier molecular flexibility index (Phi) is 5.42. The quantitative estimate of drug-likeness (QED) is 0.847. The monoisotopic (exact) mass is 318 g/mol. The van der Waals surface area contributed by atoms with Crippen molar-refractivity contribution in [2.45, 2.75) is 45.8 Å². The fraction of sp³-hybridized carbons (Fsp3) is 0.556. The molecular formula is C18H26N2O3. The lowest BCUT2D eigenvalue weighted by atomic mass is 9.91. The lowest BCUT2D eigenvalue weighted by molar-refractivity contribution is -0.159. The number of anilines is 1. The van der Waals surface area contributed by atoms with Crippen LogP contribution in [0.4, 0.5) is 5.69 Å². The summed E-state index contributed by atoms with van der Waals surface area (Å²) in [5.74, 6) is -0.339. The third kappa shape index (κ3) is 4.32. The maximum atomic E-state index is 12.8. The number of ether oxygens (including phenoxy) is 1. The third-order valence-corrected chi connectivity index (χ3v) is 3.79. The fourth-order valence-corrected chi connectivity index (χ4v) is 2.62. The number of nitrogens with one attached hydrogen (secondary N) is 1. The molecule has 1 aromatic rings. The number of hydrogen-bond acceptors (Lipinski definition) is 4. The van der Waals surface area contributed by atoms with Gasteiger partial charge in [-0.1, -0.05) is 25.1 Å². The van der Waals surface area contributed by atoms with Crippen LogP contribution in [-0.4, -0.2) is 36.6 Å². The number of hydrogen-bond donors (Lipinski definition) is 1. The molecule has 1 aromatic carbocycles. The number of carbonyl (C=O) groups excluding carboxylic acids is 2. The van der Waals surface area contributed by atoms with Gasteiger partial charge in [-0.15, -0.1) is 0 Å². The Morgan fingerprint density at radius 3 is 2.30 bits per heavy atom. The molecule has 1 aliphatic heterocycles. The second kappa shape index (κ2) is 7.13. The second-order valence-electron chi connectivity index (χ2n) is 6.85.